The highest BCUT2D eigenvalue weighted by molar-refractivity contribution is 5.49. The molecule has 1 aliphatic rings. The average molecular weight is 287 g/mol. The molecule has 3 rings (SSSR count). The van der Waals surface area contributed by atoms with E-state index in [4.69, 9.17) is 9.47 Å². The second-order valence-corrected chi connectivity index (χ2v) is 6.18. The SMILES string of the molecule is CC(C)(C)NCc1ccn(-c2ccc3c(c2)OCCO3)n1. The summed E-state index contributed by atoms with van der Waals surface area (Å²) in [6, 6.07) is 7.90. The van der Waals surface area contributed by atoms with Crippen LogP contribution in [0.1, 0.15) is 26.5 Å². The molecule has 2 heterocycles. The molecular weight excluding hydrogens is 266 g/mol. The Morgan fingerprint density at radius 1 is 1.14 bits per heavy atom. The van der Waals surface area contributed by atoms with Gasteiger partial charge in [-0.05, 0) is 39.0 Å². The Hall–Kier alpha value is -2.01. The summed E-state index contributed by atoms with van der Waals surface area (Å²) in [5.41, 5.74) is 2.07. The predicted molar refractivity (Wildman–Crippen MR) is 81.1 cm³/mol. The Morgan fingerprint density at radius 3 is 2.67 bits per heavy atom. The quantitative estimate of drug-likeness (QED) is 0.942. The van der Waals surface area contributed by atoms with Gasteiger partial charge in [0.15, 0.2) is 11.5 Å². The van der Waals surface area contributed by atoms with E-state index in [-0.39, 0.29) is 5.54 Å². The van der Waals surface area contributed by atoms with Crippen LogP contribution in [0.4, 0.5) is 0 Å². The molecule has 0 amide bonds. The van der Waals surface area contributed by atoms with Gasteiger partial charge in [0, 0.05) is 24.3 Å². The van der Waals surface area contributed by atoms with Crippen LogP contribution in [0.25, 0.3) is 5.69 Å². The molecule has 0 atom stereocenters. The zero-order valence-corrected chi connectivity index (χ0v) is 12.7. The fourth-order valence-corrected chi connectivity index (χ4v) is 2.13. The summed E-state index contributed by atoms with van der Waals surface area (Å²) in [7, 11) is 0. The summed E-state index contributed by atoms with van der Waals surface area (Å²) in [6.07, 6.45) is 1.96. The van der Waals surface area contributed by atoms with Crippen molar-refractivity contribution < 1.29 is 9.47 Å². The molecule has 0 unspecified atom stereocenters. The average Bonchev–Trinajstić information content (AvgIpc) is 2.93. The van der Waals surface area contributed by atoms with Crippen LogP contribution in [0.3, 0.4) is 0 Å². The van der Waals surface area contributed by atoms with Crippen molar-refractivity contribution in [1.82, 2.24) is 15.1 Å². The van der Waals surface area contributed by atoms with Crippen LogP contribution in [0.2, 0.25) is 0 Å². The first-order valence-corrected chi connectivity index (χ1v) is 7.21. The molecule has 1 aliphatic heterocycles. The zero-order chi connectivity index (χ0) is 14.9. The van der Waals surface area contributed by atoms with E-state index in [0.717, 1.165) is 29.4 Å². The second-order valence-electron chi connectivity index (χ2n) is 6.18. The molecule has 0 fully saturated rings. The van der Waals surface area contributed by atoms with E-state index in [1.165, 1.54) is 0 Å². The molecule has 5 heteroatoms. The molecule has 112 valence electrons. The summed E-state index contributed by atoms with van der Waals surface area (Å²) in [5, 5.41) is 8.02. The number of ether oxygens (including phenoxy) is 2. The minimum atomic E-state index is 0.0841. The first kappa shape index (κ1) is 13.9. The minimum Gasteiger partial charge on any atom is -0.486 e. The van der Waals surface area contributed by atoms with Gasteiger partial charge in [0.05, 0.1) is 11.4 Å². The molecule has 0 radical (unpaired) electrons. The maximum Gasteiger partial charge on any atom is 0.163 e. The van der Waals surface area contributed by atoms with Crippen LogP contribution in [0, 0.1) is 0 Å². The highest BCUT2D eigenvalue weighted by Gasteiger charge is 2.13. The van der Waals surface area contributed by atoms with E-state index in [0.29, 0.717) is 13.2 Å². The standard InChI is InChI=1S/C16H21N3O2/c1-16(2,3)17-11-12-6-7-19(18-12)13-4-5-14-15(10-13)21-9-8-20-14/h4-7,10,17H,8-9,11H2,1-3H3. The third-order valence-corrected chi connectivity index (χ3v) is 3.23. The van der Waals surface area contributed by atoms with E-state index < -0.39 is 0 Å². The van der Waals surface area contributed by atoms with Crippen LogP contribution in [0.15, 0.2) is 30.5 Å². The predicted octanol–water partition coefficient (Wildman–Crippen LogP) is 2.53. The smallest absolute Gasteiger partial charge is 0.163 e. The molecule has 5 nitrogen and oxygen atoms in total. The molecule has 21 heavy (non-hydrogen) atoms. The third kappa shape index (κ3) is 3.36. The molecule has 0 bridgehead atoms. The number of hydrogen-bond acceptors (Lipinski definition) is 4. The molecule has 0 spiro atoms. The molecule has 0 saturated carbocycles. The van der Waals surface area contributed by atoms with Gasteiger partial charge in [-0.25, -0.2) is 4.68 Å². The van der Waals surface area contributed by atoms with Gasteiger partial charge in [0.25, 0.3) is 0 Å². The van der Waals surface area contributed by atoms with Crippen molar-refractivity contribution in [2.24, 2.45) is 0 Å². The zero-order valence-electron chi connectivity index (χ0n) is 12.7. The van der Waals surface area contributed by atoms with Crippen LogP contribution in [-0.2, 0) is 6.54 Å². The number of nitrogens with zero attached hydrogens (tertiary/aromatic N) is 2. The Morgan fingerprint density at radius 2 is 1.90 bits per heavy atom. The Kier molecular flexibility index (Phi) is 3.59. The van der Waals surface area contributed by atoms with Gasteiger partial charge in [-0.3, -0.25) is 0 Å². The first-order chi connectivity index (χ1) is 10.0. The molecule has 1 N–H and O–H groups in total. The number of nitrogens with one attached hydrogen (secondary N) is 1. The second kappa shape index (κ2) is 5.41. The van der Waals surface area contributed by atoms with E-state index >= 15 is 0 Å². The lowest BCUT2D eigenvalue weighted by Crippen LogP contribution is -2.35. The van der Waals surface area contributed by atoms with E-state index in [9.17, 15) is 0 Å². The largest absolute Gasteiger partial charge is 0.486 e. The molecule has 0 aliphatic carbocycles. The van der Waals surface area contributed by atoms with Gasteiger partial charge in [0.1, 0.15) is 13.2 Å². The molecule has 0 saturated heterocycles. The lowest BCUT2D eigenvalue weighted by atomic mass is 10.1. The molecule has 1 aromatic heterocycles. The highest BCUT2D eigenvalue weighted by atomic mass is 16.6. The van der Waals surface area contributed by atoms with Crippen LogP contribution >= 0.6 is 0 Å². The lowest BCUT2D eigenvalue weighted by Gasteiger charge is -2.19. The van der Waals surface area contributed by atoms with E-state index in [2.05, 4.69) is 31.2 Å². The first-order valence-electron chi connectivity index (χ1n) is 7.21. The Labute approximate surface area is 124 Å². The summed E-state index contributed by atoms with van der Waals surface area (Å²) in [5.74, 6) is 1.58. The van der Waals surface area contributed by atoms with Crippen molar-refractivity contribution in [3.8, 4) is 17.2 Å². The Balaban J connectivity index is 1.77. The summed E-state index contributed by atoms with van der Waals surface area (Å²) >= 11 is 0. The fraction of sp³-hybridized carbons (Fsp3) is 0.438. The maximum atomic E-state index is 5.61. The monoisotopic (exact) mass is 287 g/mol. The Bertz CT molecular complexity index is 629. The normalized spacial score (nSPS) is 14.2. The molecular formula is C16H21N3O2. The number of benzene rings is 1. The van der Waals surface area contributed by atoms with Crippen molar-refractivity contribution in [2.75, 3.05) is 13.2 Å². The van der Waals surface area contributed by atoms with Crippen LogP contribution < -0.4 is 14.8 Å². The van der Waals surface area contributed by atoms with Gasteiger partial charge in [-0.1, -0.05) is 0 Å². The summed E-state index contributed by atoms with van der Waals surface area (Å²) in [4.78, 5) is 0. The van der Waals surface area contributed by atoms with Crippen molar-refractivity contribution in [3.63, 3.8) is 0 Å². The van der Waals surface area contributed by atoms with Gasteiger partial charge in [-0.2, -0.15) is 5.10 Å². The fourth-order valence-electron chi connectivity index (χ4n) is 2.13. The van der Waals surface area contributed by atoms with Crippen LogP contribution in [-0.4, -0.2) is 28.5 Å². The van der Waals surface area contributed by atoms with Gasteiger partial charge in [0.2, 0.25) is 0 Å². The highest BCUT2D eigenvalue weighted by Crippen LogP contribution is 2.31. The van der Waals surface area contributed by atoms with E-state index in [1.807, 2.05) is 35.1 Å². The number of fused-ring (bicyclic) bond motifs is 1. The maximum absolute atomic E-state index is 5.61. The minimum absolute atomic E-state index is 0.0841. The number of aromatic nitrogens is 2. The van der Waals surface area contributed by atoms with Crippen molar-refractivity contribution in [2.45, 2.75) is 32.9 Å². The number of hydrogen-bond donors (Lipinski definition) is 1. The van der Waals surface area contributed by atoms with Gasteiger partial charge < -0.3 is 14.8 Å². The summed E-state index contributed by atoms with van der Waals surface area (Å²) in [6.45, 7) is 8.38. The van der Waals surface area contributed by atoms with Gasteiger partial charge in [-0.15, -0.1) is 0 Å². The number of rotatable bonds is 3. The van der Waals surface area contributed by atoms with Crippen molar-refractivity contribution >= 4 is 0 Å². The lowest BCUT2D eigenvalue weighted by molar-refractivity contribution is 0.171. The molecule has 2 aromatic rings. The molecule has 1 aromatic carbocycles. The van der Waals surface area contributed by atoms with E-state index in [1.54, 1.807) is 0 Å². The van der Waals surface area contributed by atoms with Crippen LogP contribution in [0.5, 0.6) is 11.5 Å². The van der Waals surface area contributed by atoms with Crippen molar-refractivity contribution in [3.05, 3.63) is 36.2 Å². The summed E-state index contributed by atoms with van der Waals surface area (Å²) < 4.78 is 13.0. The topological polar surface area (TPSA) is 48.3 Å². The van der Waals surface area contributed by atoms with Crippen molar-refractivity contribution in [1.29, 1.82) is 0 Å². The van der Waals surface area contributed by atoms with Gasteiger partial charge >= 0.3 is 0 Å². The third-order valence-electron chi connectivity index (χ3n) is 3.23.